The van der Waals surface area contributed by atoms with Crippen LogP contribution in [0.1, 0.15) is 30.1 Å². The Morgan fingerprint density at radius 2 is 2.17 bits per heavy atom. The average Bonchev–Trinajstić information content (AvgIpc) is 3.18. The second-order valence-electron chi connectivity index (χ2n) is 4.48. The molecule has 1 aromatic rings. The maximum absolute atomic E-state index is 8.58. The molecule has 100 valence electrons. The molecule has 1 heterocycles. The molecule has 6 nitrogen and oxygen atoms in total. The molecule has 0 aromatic carbocycles. The number of aromatic nitrogens is 2. The van der Waals surface area contributed by atoms with E-state index < -0.39 is 0 Å². The van der Waals surface area contributed by atoms with Crippen LogP contribution in [0.5, 0.6) is 0 Å². The van der Waals surface area contributed by atoms with E-state index in [1.165, 1.54) is 0 Å². The number of ether oxygens (including phenoxy) is 1. The molecule has 0 saturated heterocycles. The average molecular weight is 252 g/mol. The molecule has 0 aliphatic heterocycles. The molecule has 0 unspecified atom stereocenters. The maximum Gasteiger partial charge on any atom is 0.136 e. The first-order valence-corrected chi connectivity index (χ1v) is 6.29. The zero-order valence-electron chi connectivity index (χ0n) is 10.6. The molecule has 0 atom stereocenters. The van der Waals surface area contributed by atoms with Gasteiger partial charge in [0.05, 0.1) is 19.8 Å². The second-order valence-corrected chi connectivity index (χ2v) is 4.48. The Bertz CT molecular complexity index is 407. The molecule has 18 heavy (non-hydrogen) atoms. The number of hydrogen-bond donors (Lipinski definition) is 3. The van der Waals surface area contributed by atoms with Gasteiger partial charge in [0.2, 0.25) is 0 Å². The van der Waals surface area contributed by atoms with Crippen LogP contribution in [-0.2, 0) is 4.74 Å². The fourth-order valence-electron chi connectivity index (χ4n) is 1.66. The molecule has 2 rings (SSSR count). The number of nitrogens with zero attached hydrogens (tertiary/aromatic N) is 2. The predicted molar refractivity (Wildman–Crippen MR) is 69.6 cm³/mol. The van der Waals surface area contributed by atoms with Crippen LogP contribution in [0.15, 0.2) is 0 Å². The molecule has 1 fully saturated rings. The smallest absolute Gasteiger partial charge is 0.136 e. The standard InChI is InChI=1S/C12H20N4O2/c1-8-10(13)15-12(9-2-3-9)16-11(8)14-4-6-18-7-5-17/h9,17H,2-7H2,1H3,(H3,13,14,15,16). The third-order valence-corrected chi connectivity index (χ3v) is 2.92. The Morgan fingerprint density at radius 1 is 1.39 bits per heavy atom. The van der Waals surface area contributed by atoms with Crippen molar-refractivity contribution in [2.75, 3.05) is 37.4 Å². The van der Waals surface area contributed by atoms with Crippen molar-refractivity contribution in [3.63, 3.8) is 0 Å². The van der Waals surface area contributed by atoms with Crippen molar-refractivity contribution in [2.24, 2.45) is 0 Å². The topological polar surface area (TPSA) is 93.3 Å². The fraction of sp³-hybridized carbons (Fsp3) is 0.667. The molecule has 1 saturated carbocycles. The summed E-state index contributed by atoms with van der Waals surface area (Å²) in [6, 6.07) is 0. The predicted octanol–water partition coefficient (Wildman–Crippen LogP) is 0.665. The third-order valence-electron chi connectivity index (χ3n) is 2.92. The molecule has 1 aliphatic rings. The van der Waals surface area contributed by atoms with Gasteiger partial charge >= 0.3 is 0 Å². The number of nitrogens with one attached hydrogen (secondary N) is 1. The number of nitrogen functional groups attached to an aromatic ring is 1. The van der Waals surface area contributed by atoms with Crippen molar-refractivity contribution in [3.05, 3.63) is 11.4 Å². The van der Waals surface area contributed by atoms with Crippen LogP contribution in [0, 0.1) is 6.92 Å². The first kappa shape index (κ1) is 13.0. The van der Waals surface area contributed by atoms with Crippen LogP contribution in [-0.4, -0.2) is 41.4 Å². The summed E-state index contributed by atoms with van der Waals surface area (Å²) in [5, 5.41) is 11.8. The molecule has 0 amide bonds. The largest absolute Gasteiger partial charge is 0.394 e. The van der Waals surface area contributed by atoms with Crippen molar-refractivity contribution in [2.45, 2.75) is 25.7 Å². The summed E-state index contributed by atoms with van der Waals surface area (Å²) in [7, 11) is 0. The van der Waals surface area contributed by atoms with Crippen LogP contribution in [0.2, 0.25) is 0 Å². The highest BCUT2D eigenvalue weighted by molar-refractivity contribution is 5.55. The highest BCUT2D eigenvalue weighted by Crippen LogP contribution is 2.39. The van der Waals surface area contributed by atoms with E-state index in [9.17, 15) is 0 Å². The summed E-state index contributed by atoms with van der Waals surface area (Å²) in [6.07, 6.45) is 2.31. The van der Waals surface area contributed by atoms with Crippen LogP contribution in [0.25, 0.3) is 0 Å². The molecule has 4 N–H and O–H groups in total. The minimum absolute atomic E-state index is 0.0469. The first-order chi connectivity index (χ1) is 8.72. The van der Waals surface area contributed by atoms with Gasteiger partial charge in [-0.05, 0) is 19.8 Å². The van der Waals surface area contributed by atoms with Gasteiger partial charge in [-0.3, -0.25) is 0 Å². The van der Waals surface area contributed by atoms with E-state index in [1.54, 1.807) is 0 Å². The Hall–Kier alpha value is -1.40. The fourth-order valence-corrected chi connectivity index (χ4v) is 1.66. The van der Waals surface area contributed by atoms with E-state index in [2.05, 4.69) is 15.3 Å². The van der Waals surface area contributed by atoms with Crippen LogP contribution in [0.4, 0.5) is 11.6 Å². The zero-order valence-corrected chi connectivity index (χ0v) is 10.6. The molecule has 0 bridgehead atoms. The van der Waals surface area contributed by atoms with E-state index in [0.717, 1.165) is 30.0 Å². The zero-order chi connectivity index (χ0) is 13.0. The Morgan fingerprint density at radius 3 is 2.83 bits per heavy atom. The third kappa shape index (κ3) is 3.30. The van der Waals surface area contributed by atoms with Gasteiger partial charge in [-0.15, -0.1) is 0 Å². The minimum Gasteiger partial charge on any atom is -0.394 e. The number of anilines is 2. The normalized spacial score (nSPS) is 14.8. The van der Waals surface area contributed by atoms with Gasteiger partial charge in [-0.25, -0.2) is 9.97 Å². The van der Waals surface area contributed by atoms with Gasteiger partial charge in [0.15, 0.2) is 0 Å². The Kier molecular flexibility index (Phi) is 4.33. The van der Waals surface area contributed by atoms with E-state index in [-0.39, 0.29) is 6.61 Å². The van der Waals surface area contributed by atoms with Crippen molar-refractivity contribution in [3.8, 4) is 0 Å². The number of hydrogen-bond acceptors (Lipinski definition) is 6. The van der Waals surface area contributed by atoms with Crippen LogP contribution >= 0.6 is 0 Å². The van der Waals surface area contributed by atoms with Gasteiger partial charge in [0, 0.05) is 18.0 Å². The molecule has 6 heteroatoms. The summed E-state index contributed by atoms with van der Waals surface area (Å²) in [5.74, 6) is 2.67. The van der Waals surface area contributed by atoms with E-state index in [4.69, 9.17) is 15.6 Å². The molecule has 1 aromatic heterocycles. The monoisotopic (exact) mass is 252 g/mol. The van der Waals surface area contributed by atoms with Gasteiger partial charge in [-0.1, -0.05) is 0 Å². The first-order valence-electron chi connectivity index (χ1n) is 6.29. The Labute approximate surface area is 107 Å². The lowest BCUT2D eigenvalue weighted by atomic mass is 10.3. The Balaban J connectivity index is 1.93. The maximum atomic E-state index is 8.58. The lowest BCUT2D eigenvalue weighted by molar-refractivity contribution is 0.0992. The molecular formula is C12H20N4O2. The summed E-state index contributed by atoms with van der Waals surface area (Å²) in [6.45, 7) is 3.48. The highest BCUT2D eigenvalue weighted by atomic mass is 16.5. The summed E-state index contributed by atoms with van der Waals surface area (Å²) >= 11 is 0. The van der Waals surface area contributed by atoms with Crippen LogP contribution in [0.3, 0.4) is 0 Å². The van der Waals surface area contributed by atoms with Crippen molar-refractivity contribution >= 4 is 11.6 Å². The number of aliphatic hydroxyl groups excluding tert-OH is 1. The number of rotatable bonds is 7. The number of nitrogens with two attached hydrogens (primary N) is 1. The van der Waals surface area contributed by atoms with Crippen LogP contribution < -0.4 is 11.1 Å². The van der Waals surface area contributed by atoms with E-state index in [1.807, 2.05) is 6.92 Å². The van der Waals surface area contributed by atoms with E-state index in [0.29, 0.717) is 31.5 Å². The van der Waals surface area contributed by atoms with Crippen molar-refractivity contribution in [1.82, 2.24) is 9.97 Å². The van der Waals surface area contributed by atoms with E-state index >= 15 is 0 Å². The minimum atomic E-state index is 0.0469. The SMILES string of the molecule is Cc1c(N)nc(C2CC2)nc1NCCOCCO. The molecule has 1 aliphatic carbocycles. The summed E-state index contributed by atoms with van der Waals surface area (Å²) in [4.78, 5) is 8.82. The molecular weight excluding hydrogens is 232 g/mol. The van der Waals surface area contributed by atoms with Crippen molar-refractivity contribution in [1.29, 1.82) is 0 Å². The van der Waals surface area contributed by atoms with Gasteiger partial charge in [0.25, 0.3) is 0 Å². The molecule has 0 spiro atoms. The second kappa shape index (κ2) is 5.97. The lowest BCUT2D eigenvalue weighted by Gasteiger charge is -2.11. The highest BCUT2D eigenvalue weighted by Gasteiger charge is 2.27. The van der Waals surface area contributed by atoms with Gasteiger partial charge in [-0.2, -0.15) is 0 Å². The quantitative estimate of drug-likeness (QED) is 0.617. The van der Waals surface area contributed by atoms with Crippen molar-refractivity contribution < 1.29 is 9.84 Å². The number of aliphatic hydroxyl groups is 1. The summed E-state index contributed by atoms with van der Waals surface area (Å²) in [5.41, 5.74) is 6.76. The summed E-state index contributed by atoms with van der Waals surface area (Å²) < 4.78 is 5.18. The molecule has 0 radical (unpaired) electrons. The van der Waals surface area contributed by atoms with Gasteiger partial charge < -0.3 is 20.9 Å². The lowest BCUT2D eigenvalue weighted by Crippen LogP contribution is -2.14. The van der Waals surface area contributed by atoms with Gasteiger partial charge in [0.1, 0.15) is 17.5 Å².